The Balaban J connectivity index is 1.26. The van der Waals surface area contributed by atoms with Gasteiger partial charge < -0.3 is 153 Å². The number of nitrogens with two attached hydrogens (primary N) is 4. The van der Waals surface area contributed by atoms with E-state index in [0.717, 1.165) is 18.7 Å². The molecule has 54 heteroatoms. The summed E-state index contributed by atoms with van der Waals surface area (Å²) in [6.45, 7) is 1.38. The molecular formula is C83H121N23O29S2. The molecular weight excluding hydrogens is 1850 g/mol. The van der Waals surface area contributed by atoms with E-state index in [1.165, 1.54) is 36.1 Å². The van der Waals surface area contributed by atoms with Gasteiger partial charge in [0.2, 0.25) is 100 Å². The van der Waals surface area contributed by atoms with E-state index in [9.17, 15) is 141 Å². The van der Waals surface area contributed by atoms with Crippen molar-refractivity contribution in [3.63, 3.8) is 0 Å². The Bertz CT molecular complexity index is 4840. The first-order chi connectivity index (χ1) is 64.7. The summed E-state index contributed by atoms with van der Waals surface area (Å²) in [5.74, 6) is -25.1. The summed E-state index contributed by atoms with van der Waals surface area (Å²) in [7, 11) is 0. The number of aliphatic carboxylic acids is 4. The molecule has 5 rings (SSSR count). The minimum absolute atomic E-state index is 0.0234. The van der Waals surface area contributed by atoms with Crippen LogP contribution in [0.2, 0.25) is 0 Å². The largest absolute Gasteiger partial charge is 0.508 e. The number of aromatic amines is 1. The van der Waals surface area contributed by atoms with E-state index in [-0.39, 0.29) is 114 Å². The van der Waals surface area contributed by atoms with Crippen LogP contribution in [-0.2, 0) is 114 Å². The van der Waals surface area contributed by atoms with E-state index in [4.69, 9.17) is 28.3 Å². The smallest absolute Gasteiger partial charge is 0.364 e. The van der Waals surface area contributed by atoms with Crippen LogP contribution in [0.3, 0.4) is 0 Å². The molecule has 0 saturated carbocycles. The lowest BCUT2D eigenvalue weighted by molar-refractivity contribution is -0.145. The van der Waals surface area contributed by atoms with Crippen LogP contribution in [0.25, 0.3) is 10.9 Å². The number of H-pyrrole nitrogens is 1. The molecule has 16 atom stereocenters. The highest BCUT2D eigenvalue weighted by Gasteiger charge is 2.44. The van der Waals surface area contributed by atoms with E-state index in [1.807, 2.05) is 0 Å². The number of aromatic nitrogens is 1. The number of aliphatic hydroxyl groups excluding tert-OH is 1. The van der Waals surface area contributed by atoms with Gasteiger partial charge in [-0.3, -0.25) is 101 Å². The van der Waals surface area contributed by atoms with Gasteiger partial charge in [-0.05, 0) is 152 Å². The van der Waals surface area contributed by atoms with Crippen LogP contribution in [0.1, 0.15) is 141 Å². The van der Waals surface area contributed by atoms with Crippen molar-refractivity contribution in [1.82, 2.24) is 94.5 Å². The van der Waals surface area contributed by atoms with Crippen molar-refractivity contribution < 1.29 is 141 Å². The average molecular weight is 1970 g/mol. The summed E-state index contributed by atoms with van der Waals surface area (Å²) in [4.78, 5) is 300. The predicted octanol–water partition coefficient (Wildman–Crippen LogP) is -7.88. The van der Waals surface area contributed by atoms with E-state index in [2.05, 4.69) is 97.4 Å². The number of primary amides is 1. The molecule has 754 valence electrons. The second-order valence-corrected chi connectivity index (χ2v) is 33.7. The second-order valence-electron chi connectivity index (χ2n) is 32.4. The molecule has 1 aromatic heterocycles. The fraction of sp³-hybridized carbons (Fsp3) is 0.554. The zero-order valence-corrected chi connectivity index (χ0v) is 76.9. The number of carboxylic acids is 4. The van der Waals surface area contributed by atoms with Gasteiger partial charge in [0.25, 0.3) is 0 Å². The topological polar surface area (TPSA) is 848 Å². The van der Waals surface area contributed by atoms with Crippen LogP contribution in [-0.4, -0.2) is 334 Å². The number of hydrogen-bond donors (Lipinski definition) is 29. The molecule has 2 aliphatic rings. The first-order valence-corrected chi connectivity index (χ1v) is 45.3. The average Bonchev–Trinajstić information content (AvgIpc) is 1.79. The molecule has 137 heavy (non-hydrogen) atoms. The van der Waals surface area contributed by atoms with Gasteiger partial charge in [0, 0.05) is 86.8 Å². The minimum Gasteiger partial charge on any atom is -0.508 e. The number of rotatable bonds is 59. The normalized spacial score (nSPS) is 16.3. The number of thiol groups is 1. The minimum atomic E-state index is -1.99. The molecule has 32 N–H and O–H groups in total. The van der Waals surface area contributed by atoms with Crippen molar-refractivity contribution >= 4 is 171 Å². The molecule has 0 aliphatic carbocycles. The number of nitrogens with one attached hydrogen (secondary N) is 17. The van der Waals surface area contributed by atoms with Gasteiger partial charge in [-0.1, -0.05) is 30.3 Å². The van der Waals surface area contributed by atoms with Gasteiger partial charge in [0.15, 0.2) is 5.96 Å². The van der Waals surface area contributed by atoms with E-state index >= 15 is 0 Å². The van der Waals surface area contributed by atoms with Gasteiger partial charge in [0.1, 0.15) is 90.3 Å². The van der Waals surface area contributed by atoms with Gasteiger partial charge in [-0.25, -0.2) is 9.59 Å². The van der Waals surface area contributed by atoms with Crippen LogP contribution in [0.4, 0.5) is 4.79 Å². The number of phenols is 1. The van der Waals surface area contributed by atoms with Gasteiger partial charge in [-0.2, -0.15) is 12.6 Å². The molecule has 0 bridgehead atoms. The van der Waals surface area contributed by atoms with Crippen molar-refractivity contribution in [1.29, 1.82) is 5.41 Å². The molecule has 0 spiro atoms. The highest BCUT2D eigenvalue weighted by Crippen LogP contribution is 2.25. The summed E-state index contributed by atoms with van der Waals surface area (Å²) in [5, 5.41) is 112. The number of thioether (sulfide) groups is 1. The number of benzene rings is 2. The summed E-state index contributed by atoms with van der Waals surface area (Å²) in [5.41, 5.74) is 23.7. The Kier molecular flexibility index (Phi) is 47.2. The number of carboxylic acid groups (broad SMARTS) is 5. The van der Waals surface area contributed by atoms with Crippen LogP contribution < -0.4 is 103 Å². The molecule has 2 fully saturated rings. The number of carbonyl (C=O) groups excluding carboxylic acids is 17. The summed E-state index contributed by atoms with van der Waals surface area (Å²) in [6.07, 6.45) is -5.85. The molecule has 3 aromatic rings. The van der Waals surface area contributed by atoms with Gasteiger partial charge >= 0.3 is 29.2 Å². The number of para-hydroxylation sites is 1. The standard InChI is InChI=1S/C83H121N23O29S2/c1-40(93-61(110)36-92-70(121)50(22-26-63(112)113)99-77(128)59-16-10-32-106(59)80(131)66(42(3)107)104-74(125)53(24-28-65(116)117)98-72(123)49(14-8-30-89-82(87)88)97-73(124)51(21-25-60(86)109)95-62(111)37-91-69(120)47(85)38-136)67(118)96-52(23-27-64(114)115)71(122)94-41(2)68(119)100-54(13-6-7-29-84)79(130)105-31-9-15-58(105)78(129)102-56(34-44-35-90-48-12-5-4-11-46(44)48)76(127)101-55(33-43-17-19-45(108)20-18-43)75(126)103-57(81(132)133)39-137-83(134)135/h4-5,11-12,17-20,35,40-42,47,49-59,66,90,107-108,136H,6-10,13-16,21-34,36-39,84-85H2,1-3H3,(H2,86,109)(H,91,120)(H,92,121)(H,93,110)(H,94,122)(H,95,111)(H,96,118)(H,97,124)(H,98,123)(H,99,128)(H,100,119)(H,101,127)(H,102,129)(H,103,126)(H,104,125)(H,112,113)(H,114,115)(H,116,117)(H,132,133)(H,134,135)(H4,87,88,89)/t40-,41-,42+,47-,49-,50-,51-,52-,53-,54-,55-,56-,57-,58-,59-,66-/m0/s1. The number of amides is 17. The quantitative estimate of drug-likeness (QED) is 0.0108. The number of hydrogen-bond acceptors (Lipinski definition) is 29. The van der Waals surface area contributed by atoms with E-state index < -0.39 is 303 Å². The van der Waals surface area contributed by atoms with Crippen molar-refractivity contribution in [2.75, 3.05) is 50.8 Å². The summed E-state index contributed by atoms with van der Waals surface area (Å²) < 4.78 is 0. The second kappa shape index (κ2) is 57.0. The number of aliphatic hydroxyl groups is 1. The summed E-state index contributed by atoms with van der Waals surface area (Å²) in [6, 6.07) is -11.8. The molecule has 2 saturated heterocycles. The number of aromatic hydroxyl groups is 1. The van der Waals surface area contributed by atoms with Crippen LogP contribution >= 0.6 is 24.4 Å². The van der Waals surface area contributed by atoms with Gasteiger partial charge in [-0.15, -0.1) is 0 Å². The van der Waals surface area contributed by atoms with E-state index in [1.54, 1.807) is 30.5 Å². The van der Waals surface area contributed by atoms with Crippen molar-refractivity contribution in [3.8, 4) is 5.75 Å². The number of fused-ring (bicyclic) bond motifs is 1. The van der Waals surface area contributed by atoms with Gasteiger partial charge in [0.05, 0.1) is 25.2 Å². The molecule has 17 amide bonds. The zero-order valence-electron chi connectivity index (χ0n) is 75.2. The number of likely N-dealkylation sites (tertiary alicyclic amines) is 2. The predicted molar refractivity (Wildman–Crippen MR) is 487 cm³/mol. The van der Waals surface area contributed by atoms with Crippen molar-refractivity contribution in [2.45, 2.75) is 239 Å². The Morgan fingerprint density at radius 3 is 1.46 bits per heavy atom. The SMILES string of the molecule is C[C@H](NC(=O)CNC(=O)[C@H](CCC(=O)O)NC(=O)[C@@H]1CCCN1C(=O)[C@@H](NC(=O)[C@H](CCC(=O)O)NC(=O)[C@H](CCCNC(=N)N)NC(=O)[C@H](CCC(N)=O)NC(=O)CNC(=O)[C@@H](N)CS)[C@@H](C)O)C(=O)N[C@@H](CCC(=O)O)C(=O)N[C@@H](C)C(=O)N[C@@H](CCCCN)C(=O)N1CCC[C@H]1C(=O)N[C@@H](Cc1c[nH]c2ccccc12)C(=O)N[C@@H](Cc1ccc(O)cc1)C(=O)N[C@@H](CSC(=O)O)C(=O)O. The molecule has 2 aromatic carbocycles. The molecule has 3 heterocycles. The lowest BCUT2D eigenvalue weighted by atomic mass is 10.0. The molecule has 0 unspecified atom stereocenters. The first kappa shape index (κ1) is 113. The highest BCUT2D eigenvalue weighted by atomic mass is 32.2. The number of guanidine groups is 1. The number of nitrogens with zero attached hydrogens (tertiary/aromatic N) is 2. The Labute approximate surface area is 793 Å². The van der Waals surface area contributed by atoms with Crippen molar-refractivity contribution in [3.05, 3.63) is 65.9 Å². The maximum atomic E-state index is 14.8. The monoisotopic (exact) mass is 1970 g/mol. The van der Waals surface area contributed by atoms with Crippen LogP contribution in [0, 0.1) is 5.41 Å². The fourth-order valence-electron chi connectivity index (χ4n) is 14.4. The Morgan fingerprint density at radius 2 is 0.934 bits per heavy atom. The fourth-order valence-corrected chi connectivity index (χ4v) is 15.1. The molecule has 2 aliphatic heterocycles. The van der Waals surface area contributed by atoms with E-state index in [0.29, 0.717) is 28.5 Å². The molecule has 52 nitrogen and oxygen atoms in total. The summed E-state index contributed by atoms with van der Waals surface area (Å²) >= 11 is 4.12. The molecule has 0 radical (unpaired) electrons. The third-order valence-corrected chi connectivity index (χ3v) is 22.8. The zero-order chi connectivity index (χ0) is 102. The Hall–Kier alpha value is -14.0. The first-order valence-electron chi connectivity index (χ1n) is 43.7. The van der Waals surface area contributed by atoms with Crippen molar-refractivity contribution in [2.24, 2.45) is 22.9 Å². The third kappa shape index (κ3) is 38.7. The highest BCUT2D eigenvalue weighted by molar-refractivity contribution is 8.13. The van der Waals surface area contributed by atoms with Crippen LogP contribution in [0.15, 0.2) is 54.7 Å². The third-order valence-electron chi connectivity index (χ3n) is 21.7. The number of unbranched alkanes of at least 4 members (excludes halogenated alkanes) is 1. The Morgan fingerprint density at radius 1 is 0.489 bits per heavy atom. The maximum absolute atomic E-state index is 14.8. The number of carbonyl (C=O) groups is 22. The lowest BCUT2D eigenvalue weighted by Crippen LogP contribution is -2.61. The maximum Gasteiger partial charge on any atom is 0.364 e. The number of phenolic OH excluding ortho intramolecular Hbond substituents is 1. The lowest BCUT2D eigenvalue weighted by Gasteiger charge is -2.32. The van der Waals surface area contributed by atoms with Crippen LogP contribution in [0.5, 0.6) is 5.75 Å².